The molecule has 4 atom stereocenters. The van der Waals surface area contributed by atoms with Gasteiger partial charge in [0.25, 0.3) is 0 Å². The first-order valence-electron chi connectivity index (χ1n) is 7.61. The van der Waals surface area contributed by atoms with E-state index >= 15 is 0 Å². The maximum Gasteiger partial charge on any atom is 0.128 e. The zero-order valence-electron chi connectivity index (χ0n) is 12.5. The molecule has 0 aromatic carbocycles. The fourth-order valence-corrected chi connectivity index (χ4v) is 4.13. The molecule has 0 aliphatic carbocycles. The highest BCUT2D eigenvalue weighted by molar-refractivity contribution is 5.09. The summed E-state index contributed by atoms with van der Waals surface area (Å²) >= 11 is 0. The smallest absolute Gasteiger partial charge is 0.128 e. The molecule has 0 radical (unpaired) electrons. The van der Waals surface area contributed by atoms with E-state index in [1.807, 2.05) is 6.92 Å². The summed E-state index contributed by atoms with van der Waals surface area (Å²) in [4.78, 5) is 2.69. The molecule has 0 amide bonds. The first-order valence-corrected chi connectivity index (χ1v) is 7.61. The molecule has 0 N–H and O–H groups in total. The highest BCUT2D eigenvalue weighted by atomic mass is 16.5. The van der Waals surface area contributed by atoms with Gasteiger partial charge in [-0.25, -0.2) is 0 Å². The molecule has 2 aliphatic rings. The van der Waals surface area contributed by atoms with E-state index in [-0.39, 0.29) is 5.60 Å². The highest BCUT2D eigenvalue weighted by Crippen LogP contribution is 2.47. The molecule has 2 fully saturated rings. The maximum absolute atomic E-state index is 6.36. The molecule has 2 rings (SSSR count). The van der Waals surface area contributed by atoms with E-state index in [4.69, 9.17) is 4.74 Å². The number of piperidine rings is 1. The fraction of sp³-hybridized carbons (Fsp3) is 0.875. The van der Waals surface area contributed by atoms with Crippen molar-refractivity contribution >= 4 is 0 Å². The van der Waals surface area contributed by atoms with Gasteiger partial charge in [-0.05, 0) is 45.6 Å². The molecule has 2 aliphatic heterocycles. The molecule has 2 heterocycles. The van der Waals surface area contributed by atoms with Crippen molar-refractivity contribution in [1.29, 1.82) is 0 Å². The SMILES string of the molecule is C=C(C)OC1(C(C)CC)CC(C)N2CCCCC21. The molecule has 0 spiro atoms. The first kappa shape index (κ1) is 13.9. The molecule has 104 valence electrons. The largest absolute Gasteiger partial charge is 0.491 e. The summed E-state index contributed by atoms with van der Waals surface area (Å²) in [6.07, 6.45) is 6.35. The fourth-order valence-electron chi connectivity index (χ4n) is 4.13. The van der Waals surface area contributed by atoms with Crippen LogP contribution in [0.5, 0.6) is 0 Å². The molecule has 4 unspecified atom stereocenters. The number of hydrogen-bond donors (Lipinski definition) is 0. The predicted molar refractivity (Wildman–Crippen MR) is 76.5 cm³/mol. The third-order valence-electron chi connectivity index (χ3n) is 5.10. The van der Waals surface area contributed by atoms with Crippen molar-refractivity contribution in [1.82, 2.24) is 4.90 Å². The summed E-state index contributed by atoms with van der Waals surface area (Å²) in [6.45, 7) is 14.3. The second kappa shape index (κ2) is 5.24. The quantitative estimate of drug-likeness (QED) is 0.701. The predicted octanol–water partition coefficient (Wildman–Crippen LogP) is 3.97. The lowest BCUT2D eigenvalue weighted by atomic mass is 9.77. The molecule has 2 saturated heterocycles. The number of ether oxygens (including phenoxy) is 1. The van der Waals surface area contributed by atoms with E-state index in [9.17, 15) is 0 Å². The van der Waals surface area contributed by atoms with Crippen molar-refractivity contribution in [3.05, 3.63) is 12.3 Å². The molecular formula is C16H29NO. The Morgan fingerprint density at radius 1 is 1.50 bits per heavy atom. The minimum atomic E-state index is 0.0143. The third kappa shape index (κ3) is 2.20. The van der Waals surface area contributed by atoms with Crippen LogP contribution in [-0.4, -0.2) is 29.1 Å². The average Bonchev–Trinajstić information content (AvgIpc) is 2.63. The Bertz CT molecular complexity index is 314. The second-order valence-electron chi connectivity index (χ2n) is 6.37. The lowest BCUT2D eigenvalue weighted by Gasteiger charge is -2.44. The first-order chi connectivity index (χ1) is 8.51. The summed E-state index contributed by atoms with van der Waals surface area (Å²) in [5.74, 6) is 1.49. The van der Waals surface area contributed by atoms with Gasteiger partial charge < -0.3 is 4.74 Å². The monoisotopic (exact) mass is 251 g/mol. The maximum atomic E-state index is 6.36. The van der Waals surface area contributed by atoms with Gasteiger partial charge in [0.1, 0.15) is 5.60 Å². The van der Waals surface area contributed by atoms with Crippen LogP contribution in [0.15, 0.2) is 12.3 Å². The van der Waals surface area contributed by atoms with Crippen LogP contribution in [0.2, 0.25) is 0 Å². The lowest BCUT2D eigenvalue weighted by molar-refractivity contribution is -0.0750. The van der Waals surface area contributed by atoms with Crippen LogP contribution in [0.4, 0.5) is 0 Å². The molecule has 0 aromatic heterocycles. The van der Waals surface area contributed by atoms with Gasteiger partial charge in [0.15, 0.2) is 0 Å². The van der Waals surface area contributed by atoms with Gasteiger partial charge >= 0.3 is 0 Å². The van der Waals surface area contributed by atoms with Crippen LogP contribution < -0.4 is 0 Å². The van der Waals surface area contributed by atoms with Crippen LogP contribution in [0.3, 0.4) is 0 Å². The standard InChI is InChI=1S/C16H29NO/c1-6-13(4)16(18-12(2)3)11-14(5)17-10-8-7-9-15(16)17/h13-15H,2,6-11H2,1,3-5H3. The Labute approximate surface area is 112 Å². The number of nitrogens with zero attached hydrogens (tertiary/aromatic N) is 1. The Balaban J connectivity index is 2.30. The summed E-state index contributed by atoms with van der Waals surface area (Å²) in [7, 11) is 0. The normalized spacial score (nSPS) is 38.2. The number of fused-ring (bicyclic) bond motifs is 1. The van der Waals surface area contributed by atoms with E-state index in [0.29, 0.717) is 18.0 Å². The minimum Gasteiger partial charge on any atom is -0.491 e. The summed E-state index contributed by atoms with van der Waals surface area (Å²) in [5, 5.41) is 0. The second-order valence-corrected chi connectivity index (χ2v) is 6.37. The van der Waals surface area contributed by atoms with Crippen LogP contribution in [0.25, 0.3) is 0 Å². The Kier molecular flexibility index (Phi) is 4.05. The van der Waals surface area contributed by atoms with Crippen molar-refractivity contribution in [3.63, 3.8) is 0 Å². The van der Waals surface area contributed by atoms with Crippen molar-refractivity contribution < 1.29 is 4.74 Å². The van der Waals surface area contributed by atoms with Crippen molar-refractivity contribution in [2.45, 2.75) is 77.5 Å². The Hall–Kier alpha value is -0.500. The van der Waals surface area contributed by atoms with E-state index in [0.717, 1.165) is 5.76 Å². The van der Waals surface area contributed by atoms with Crippen LogP contribution in [0.1, 0.15) is 59.8 Å². The molecule has 0 bridgehead atoms. The Morgan fingerprint density at radius 3 is 2.83 bits per heavy atom. The molecule has 18 heavy (non-hydrogen) atoms. The summed E-state index contributed by atoms with van der Waals surface area (Å²) in [6, 6.07) is 1.26. The van der Waals surface area contributed by atoms with Crippen LogP contribution in [0, 0.1) is 5.92 Å². The molecule has 2 heteroatoms. The Morgan fingerprint density at radius 2 is 2.22 bits per heavy atom. The topological polar surface area (TPSA) is 12.5 Å². The number of allylic oxidation sites excluding steroid dienone is 1. The van der Waals surface area contributed by atoms with Crippen molar-refractivity contribution in [2.75, 3.05) is 6.54 Å². The highest BCUT2D eigenvalue weighted by Gasteiger charge is 2.55. The van der Waals surface area contributed by atoms with Crippen molar-refractivity contribution in [3.8, 4) is 0 Å². The van der Waals surface area contributed by atoms with Gasteiger partial charge in [0, 0.05) is 18.5 Å². The van der Waals surface area contributed by atoms with Crippen molar-refractivity contribution in [2.24, 2.45) is 5.92 Å². The minimum absolute atomic E-state index is 0.0143. The van der Waals surface area contributed by atoms with Gasteiger partial charge in [0.2, 0.25) is 0 Å². The summed E-state index contributed by atoms with van der Waals surface area (Å²) < 4.78 is 6.36. The zero-order valence-corrected chi connectivity index (χ0v) is 12.5. The van der Waals surface area contributed by atoms with Gasteiger partial charge in [-0.2, -0.15) is 0 Å². The third-order valence-corrected chi connectivity index (χ3v) is 5.10. The van der Waals surface area contributed by atoms with E-state index in [2.05, 4.69) is 32.3 Å². The van der Waals surface area contributed by atoms with Gasteiger partial charge in [-0.15, -0.1) is 0 Å². The van der Waals surface area contributed by atoms with Gasteiger partial charge in [0.05, 0.1) is 5.76 Å². The van der Waals surface area contributed by atoms with Crippen LogP contribution >= 0.6 is 0 Å². The lowest BCUT2D eigenvalue weighted by Crippen LogP contribution is -2.52. The molecule has 0 aromatic rings. The van der Waals surface area contributed by atoms with Crippen LogP contribution in [-0.2, 0) is 4.74 Å². The van der Waals surface area contributed by atoms with E-state index in [1.54, 1.807) is 0 Å². The molecule has 0 saturated carbocycles. The average molecular weight is 251 g/mol. The van der Waals surface area contributed by atoms with Gasteiger partial charge in [-0.3, -0.25) is 4.90 Å². The number of rotatable bonds is 4. The molecular weight excluding hydrogens is 222 g/mol. The summed E-state index contributed by atoms with van der Waals surface area (Å²) in [5.41, 5.74) is 0.0143. The van der Waals surface area contributed by atoms with Gasteiger partial charge in [-0.1, -0.05) is 26.8 Å². The van der Waals surface area contributed by atoms with E-state index < -0.39 is 0 Å². The zero-order chi connectivity index (χ0) is 13.3. The van der Waals surface area contributed by atoms with E-state index in [1.165, 1.54) is 38.6 Å². The molecule has 2 nitrogen and oxygen atoms in total. The number of hydrogen-bond acceptors (Lipinski definition) is 2.